The lowest BCUT2D eigenvalue weighted by atomic mass is 9.97. The summed E-state index contributed by atoms with van der Waals surface area (Å²) in [5, 5.41) is 3.66. The maximum absolute atomic E-state index is 11.1. The van der Waals surface area contributed by atoms with Crippen molar-refractivity contribution in [2.75, 3.05) is 12.8 Å². The molecule has 0 amide bonds. The lowest BCUT2D eigenvalue weighted by Gasteiger charge is -2.11. The maximum atomic E-state index is 11.1. The zero-order valence-electron chi connectivity index (χ0n) is 10.4. The lowest BCUT2D eigenvalue weighted by molar-refractivity contribution is 0.332. The molecule has 0 aliphatic carbocycles. The predicted octanol–water partition coefficient (Wildman–Crippen LogP) is 0.703. The number of hydrogen-bond donors (Lipinski definition) is 1. The molecule has 2 N–H and O–H groups in total. The Hall–Kier alpha value is -0.950. The van der Waals surface area contributed by atoms with Gasteiger partial charge in [0.2, 0.25) is 5.89 Å². The molecule has 0 fully saturated rings. The van der Waals surface area contributed by atoms with Gasteiger partial charge < -0.3 is 10.3 Å². The van der Waals surface area contributed by atoms with Crippen molar-refractivity contribution >= 4 is 9.84 Å². The van der Waals surface area contributed by atoms with E-state index in [0.717, 1.165) is 12.7 Å². The van der Waals surface area contributed by atoms with Crippen LogP contribution in [0.15, 0.2) is 4.52 Å². The SMILES string of the molecule is CC(C)CC(CN)c1nc(CS(C)(=O)=O)no1. The van der Waals surface area contributed by atoms with Gasteiger partial charge in [0.15, 0.2) is 15.7 Å². The maximum Gasteiger partial charge on any atom is 0.231 e. The summed E-state index contributed by atoms with van der Waals surface area (Å²) < 4.78 is 27.2. The molecule has 0 aliphatic heterocycles. The van der Waals surface area contributed by atoms with Gasteiger partial charge in [0.1, 0.15) is 5.75 Å². The minimum absolute atomic E-state index is 0.00388. The van der Waals surface area contributed by atoms with Crippen molar-refractivity contribution in [2.24, 2.45) is 11.7 Å². The Balaban J connectivity index is 2.78. The number of nitrogens with zero attached hydrogens (tertiary/aromatic N) is 2. The lowest BCUT2D eigenvalue weighted by Crippen LogP contribution is -2.15. The van der Waals surface area contributed by atoms with Gasteiger partial charge in [-0.05, 0) is 12.3 Å². The standard InChI is InChI=1S/C10H19N3O3S/c1-7(2)4-8(5-11)10-12-9(13-16-10)6-17(3,14)15/h7-8H,4-6,11H2,1-3H3. The van der Waals surface area contributed by atoms with Crippen molar-refractivity contribution in [1.29, 1.82) is 0 Å². The summed E-state index contributed by atoms with van der Waals surface area (Å²) in [6, 6.07) is 0. The number of rotatable bonds is 6. The van der Waals surface area contributed by atoms with E-state index in [1.807, 2.05) is 0 Å². The molecule has 98 valence electrons. The fourth-order valence-corrected chi connectivity index (χ4v) is 2.18. The van der Waals surface area contributed by atoms with Gasteiger partial charge in [0, 0.05) is 12.8 Å². The van der Waals surface area contributed by atoms with E-state index in [2.05, 4.69) is 24.0 Å². The summed E-state index contributed by atoms with van der Waals surface area (Å²) in [5.41, 5.74) is 5.64. The first-order valence-electron chi connectivity index (χ1n) is 5.52. The molecule has 0 bridgehead atoms. The van der Waals surface area contributed by atoms with E-state index in [9.17, 15) is 8.42 Å². The first-order chi connectivity index (χ1) is 7.81. The second-order valence-electron chi connectivity index (χ2n) is 4.68. The summed E-state index contributed by atoms with van der Waals surface area (Å²) in [5.74, 6) is 0.893. The molecule has 0 spiro atoms. The van der Waals surface area contributed by atoms with Crippen LogP contribution in [-0.4, -0.2) is 31.4 Å². The van der Waals surface area contributed by atoms with Gasteiger partial charge in [-0.1, -0.05) is 19.0 Å². The van der Waals surface area contributed by atoms with Crippen molar-refractivity contribution < 1.29 is 12.9 Å². The highest BCUT2D eigenvalue weighted by Gasteiger charge is 2.20. The van der Waals surface area contributed by atoms with E-state index in [1.165, 1.54) is 0 Å². The summed E-state index contributed by atoms with van der Waals surface area (Å²) >= 11 is 0. The molecule has 17 heavy (non-hydrogen) atoms. The minimum atomic E-state index is -3.14. The van der Waals surface area contributed by atoms with Crippen LogP contribution in [0.3, 0.4) is 0 Å². The molecule has 0 saturated heterocycles. The highest BCUT2D eigenvalue weighted by molar-refractivity contribution is 7.89. The Bertz CT molecular complexity index is 453. The monoisotopic (exact) mass is 261 g/mol. The van der Waals surface area contributed by atoms with Gasteiger partial charge in [0.05, 0.1) is 5.92 Å². The highest BCUT2D eigenvalue weighted by atomic mass is 32.2. The average Bonchev–Trinajstić information content (AvgIpc) is 2.59. The minimum Gasteiger partial charge on any atom is -0.339 e. The molecular formula is C10H19N3O3S. The van der Waals surface area contributed by atoms with Crippen molar-refractivity contribution in [3.63, 3.8) is 0 Å². The van der Waals surface area contributed by atoms with Crippen molar-refractivity contribution in [1.82, 2.24) is 10.1 Å². The van der Waals surface area contributed by atoms with Crippen LogP contribution in [0.1, 0.15) is 37.9 Å². The zero-order chi connectivity index (χ0) is 13.1. The summed E-state index contributed by atoms with van der Waals surface area (Å²) in [6.07, 6.45) is 1.98. The highest BCUT2D eigenvalue weighted by Crippen LogP contribution is 2.21. The van der Waals surface area contributed by atoms with E-state index >= 15 is 0 Å². The van der Waals surface area contributed by atoms with E-state index in [-0.39, 0.29) is 17.5 Å². The van der Waals surface area contributed by atoms with Crippen LogP contribution in [0.5, 0.6) is 0 Å². The molecule has 0 radical (unpaired) electrons. The molecule has 0 saturated carbocycles. The van der Waals surface area contributed by atoms with E-state index in [1.54, 1.807) is 0 Å². The molecule has 6 nitrogen and oxygen atoms in total. The third kappa shape index (κ3) is 4.82. The molecule has 1 atom stereocenters. The van der Waals surface area contributed by atoms with E-state index in [0.29, 0.717) is 18.4 Å². The second-order valence-corrected chi connectivity index (χ2v) is 6.82. The molecule has 1 rings (SSSR count). The number of hydrogen-bond acceptors (Lipinski definition) is 6. The van der Waals surface area contributed by atoms with Gasteiger partial charge in [-0.2, -0.15) is 4.98 Å². The van der Waals surface area contributed by atoms with Crippen molar-refractivity contribution in [3.8, 4) is 0 Å². The topological polar surface area (TPSA) is 99.1 Å². The summed E-state index contributed by atoms with van der Waals surface area (Å²) in [7, 11) is -3.14. The predicted molar refractivity (Wildman–Crippen MR) is 64.1 cm³/mol. The summed E-state index contributed by atoms with van der Waals surface area (Å²) in [4.78, 5) is 4.08. The van der Waals surface area contributed by atoms with Crippen LogP contribution in [0.25, 0.3) is 0 Å². The third-order valence-corrected chi connectivity index (χ3v) is 3.05. The van der Waals surface area contributed by atoms with Crippen LogP contribution >= 0.6 is 0 Å². The zero-order valence-corrected chi connectivity index (χ0v) is 11.2. The second kappa shape index (κ2) is 5.59. The van der Waals surface area contributed by atoms with Gasteiger partial charge in [-0.25, -0.2) is 8.42 Å². The van der Waals surface area contributed by atoms with Crippen LogP contribution < -0.4 is 5.73 Å². The Morgan fingerprint density at radius 3 is 2.53 bits per heavy atom. The van der Waals surface area contributed by atoms with E-state index in [4.69, 9.17) is 10.3 Å². The Morgan fingerprint density at radius 1 is 1.41 bits per heavy atom. The van der Waals surface area contributed by atoms with Crippen LogP contribution in [0.2, 0.25) is 0 Å². The molecule has 1 aromatic rings. The Kier molecular flexibility index (Phi) is 4.64. The molecule has 1 aromatic heterocycles. The molecule has 0 aliphatic rings. The number of aromatic nitrogens is 2. The third-order valence-electron chi connectivity index (χ3n) is 2.26. The fraction of sp³-hybridized carbons (Fsp3) is 0.800. The average molecular weight is 261 g/mol. The number of sulfone groups is 1. The van der Waals surface area contributed by atoms with Gasteiger partial charge in [-0.3, -0.25) is 0 Å². The van der Waals surface area contributed by atoms with Crippen molar-refractivity contribution in [2.45, 2.75) is 31.9 Å². The van der Waals surface area contributed by atoms with Crippen LogP contribution in [-0.2, 0) is 15.6 Å². The van der Waals surface area contributed by atoms with Crippen LogP contribution in [0, 0.1) is 5.92 Å². The van der Waals surface area contributed by atoms with Gasteiger partial charge >= 0.3 is 0 Å². The first-order valence-corrected chi connectivity index (χ1v) is 7.58. The Morgan fingerprint density at radius 2 is 2.06 bits per heavy atom. The quantitative estimate of drug-likeness (QED) is 0.809. The molecule has 7 heteroatoms. The van der Waals surface area contributed by atoms with Gasteiger partial charge in [0.25, 0.3) is 0 Å². The summed E-state index contributed by atoms with van der Waals surface area (Å²) in [6.45, 7) is 4.57. The van der Waals surface area contributed by atoms with Crippen LogP contribution in [0.4, 0.5) is 0 Å². The molecule has 1 unspecified atom stereocenters. The smallest absolute Gasteiger partial charge is 0.231 e. The molecular weight excluding hydrogens is 242 g/mol. The first kappa shape index (κ1) is 14.1. The number of nitrogens with two attached hydrogens (primary N) is 1. The fourth-order valence-electron chi connectivity index (χ4n) is 1.59. The van der Waals surface area contributed by atoms with E-state index < -0.39 is 9.84 Å². The van der Waals surface area contributed by atoms with Gasteiger partial charge in [-0.15, -0.1) is 0 Å². The van der Waals surface area contributed by atoms with Crippen molar-refractivity contribution in [3.05, 3.63) is 11.7 Å². The Labute approximate surface area is 102 Å². The molecule has 1 heterocycles. The molecule has 0 aromatic carbocycles. The normalized spacial score (nSPS) is 14.2. The largest absolute Gasteiger partial charge is 0.339 e.